The molecule has 1 heterocycles. The maximum Gasteiger partial charge on any atom is 0.335 e. The number of aromatic carboxylic acids is 1. The number of ether oxygens (including phenoxy) is 1. The van der Waals surface area contributed by atoms with Gasteiger partial charge in [0.2, 0.25) is 0 Å². The lowest BCUT2D eigenvalue weighted by atomic mass is 9.78. The van der Waals surface area contributed by atoms with Crippen molar-refractivity contribution in [2.75, 3.05) is 0 Å². The van der Waals surface area contributed by atoms with Crippen LogP contribution in [0.5, 0.6) is 6.01 Å². The van der Waals surface area contributed by atoms with Crippen molar-refractivity contribution in [2.24, 2.45) is 11.8 Å². The van der Waals surface area contributed by atoms with E-state index < -0.39 is 29.1 Å². The summed E-state index contributed by atoms with van der Waals surface area (Å²) < 4.78 is 21.1. The molecule has 0 saturated heterocycles. The third-order valence-electron chi connectivity index (χ3n) is 6.68. The number of aromatic nitrogens is 2. The van der Waals surface area contributed by atoms with E-state index in [1.165, 1.54) is 12.1 Å². The topological polar surface area (TPSA) is 113 Å². The normalized spacial score (nSPS) is 19.1. The summed E-state index contributed by atoms with van der Waals surface area (Å²) in [4.78, 5) is 29.9. The number of imidazole rings is 1. The van der Waals surface area contributed by atoms with E-state index in [-0.39, 0.29) is 17.5 Å². The molecule has 38 heavy (non-hydrogen) atoms. The predicted molar refractivity (Wildman–Crippen MR) is 143 cm³/mol. The first-order valence-electron chi connectivity index (χ1n) is 12.2. The minimum Gasteiger partial charge on any atom is -0.481 e. The minimum absolute atomic E-state index is 0.142. The number of H-pyrrole nitrogens is 1. The predicted octanol–water partition coefficient (Wildman–Crippen LogP) is 6.51. The lowest BCUT2D eigenvalue weighted by molar-refractivity contribution is -0.141. The number of fused-ring (bicyclic) bond motifs is 1. The van der Waals surface area contributed by atoms with Crippen LogP contribution in [0.2, 0.25) is 0 Å². The van der Waals surface area contributed by atoms with E-state index in [1.807, 2.05) is 45.1 Å². The van der Waals surface area contributed by atoms with E-state index in [4.69, 9.17) is 9.84 Å². The molecule has 1 aromatic heterocycles. The molecule has 4 rings (SSSR count). The number of aromatic amines is 1. The van der Waals surface area contributed by atoms with Crippen LogP contribution in [0.4, 0.5) is 4.39 Å². The molecule has 1 aliphatic rings. The quantitative estimate of drug-likeness (QED) is 0.280. The molecule has 0 aliphatic heterocycles. The van der Waals surface area contributed by atoms with Gasteiger partial charge in [-0.1, -0.05) is 56.4 Å². The van der Waals surface area contributed by atoms with Crippen molar-refractivity contribution in [3.05, 3.63) is 101 Å². The van der Waals surface area contributed by atoms with Crippen molar-refractivity contribution < 1.29 is 28.9 Å². The summed E-state index contributed by atoms with van der Waals surface area (Å²) in [6.07, 6.45) is 13.1. The van der Waals surface area contributed by atoms with Gasteiger partial charge in [0.15, 0.2) is 0 Å². The summed E-state index contributed by atoms with van der Waals surface area (Å²) in [7, 11) is 0. The summed E-state index contributed by atoms with van der Waals surface area (Å²) in [5.41, 5.74) is 1.84. The number of allylic oxidation sites excluding steroid dienone is 5. The number of nitrogens with one attached hydrogen (secondary N) is 1. The van der Waals surface area contributed by atoms with Crippen LogP contribution in [0.3, 0.4) is 0 Å². The van der Waals surface area contributed by atoms with Gasteiger partial charge in [0.25, 0.3) is 6.01 Å². The van der Waals surface area contributed by atoms with Crippen molar-refractivity contribution >= 4 is 29.0 Å². The van der Waals surface area contributed by atoms with Gasteiger partial charge in [-0.15, -0.1) is 0 Å². The van der Waals surface area contributed by atoms with Gasteiger partial charge in [-0.25, -0.2) is 9.18 Å². The molecule has 196 valence electrons. The van der Waals surface area contributed by atoms with Crippen molar-refractivity contribution in [1.82, 2.24) is 9.97 Å². The summed E-state index contributed by atoms with van der Waals surface area (Å²) in [6, 6.07) is 9.75. The highest BCUT2D eigenvalue weighted by molar-refractivity contribution is 5.87. The summed E-state index contributed by atoms with van der Waals surface area (Å²) >= 11 is 0. The van der Waals surface area contributed by atoms with Gasteiger partial charge in [-0.2, -0.15) is 4.98 Å². The summed E-state index contributed by atoms with van der Waals surface area (Å²) in [6.45, 7) is 5.63. The highest BCUT2D eigenvalue weighted by atomic mass is 19.1. The largest absolute Gasteiger partial charge is 0.481 e. The molecule has 0 amide bonds. The molecule has 0 bridgehead atoms. The van der Waals surface area contributed by atoms with Crippen LogP contribution in [0, 0.1) is 17.7 Å². The van der Waals surface area contributed by atoms with E-state index >= 15 is 4.39 Å². The lowest BCUT2D eigenvalue weighted by Gasteiger charge is -2.26. The van der Waals surface area contributed by atoms with E-state index in [1.54, 1.807) is 42.5 Å². The Bertz CT molecular complexity index is 1480. The number of hydrogen-bond donors (Lipinski definition) is 3. The smallest absolute Gasteiger partial charge is 0.335 e. The average molecular weight is 517 g/mol. The fourth-order valence-corrected chi connectivity index (χ4v) is 4.53. The number of carboxylic acid groups (broad SMARTS) is 2. The third-order valence-corrected chi connectivity index (χ3v) is 6.68. The summed E-state index contributed by atoms with van der Waals surface area (Å²) in [5, 5.41) is 18.5. The first-order chi connectivity index (χ1) is 18.1. The highest BCUT2D eigenvalue weighted by Gasteiger charge is 2.28. The van der Waals surface area contributed by atoms with Gasteiger partial charge in [-0.05, 0) is 55.2 Å². The van der Waals surface area contributed by atoms with Crippen LogP contribution < -0.4 is 4.74 Å². The number of benzene rings is 2. The maximum absolute atomic E-state index is 15.4. The minimum atomic E-state index is -0.981. The highest BCUT2D eigenvalue weighted by Crippen LogP contribution is 2.35. The van der Waals surface area contributed by atoms with Crippen LogP contribution in [0.25, 0.3) is 17.1 Å². The molecule has 1 aliphatic carbocycles. The first-order valence-corrected chi connectivity index (χ1v) is 12.2. The molecule has 3 atom stereocenters. The molecule has 8 heteroatoms. The Kier molecular flexibility index (Phi) is 7.62. The van der Waals surface area contributed by atoms with Gasteiger partial charge in [0, 0.05) is 17.0 Å². The zero-order valence-corrected chi connectivity index (χ0v) is 21.3. The second-order valence-corrected chi connectivity index (χ2v) is 9.60. The number of hydrogen-bond acceptors (Lipinski definition) is 4. The van der Waals surface area contributed by atoms with E-state index in [9.17, 15) is 14.7 Å². The monoisotopic (exact) mass is 516 g/mol. The second kappa shape index (κ2) is 10.9. The summed E-state index contributed by atoms with van der Waals surface area (Å²) in [5.74, 6) is -2.83. The van der Waals surface area contributed by atoms with Crippen LogP contribution in [-0.4, -0.2) is 32.1 Å². The van der Waals surface area contributed by atoms with Crippen molar-refractivity contribution in [1.29, 1.82) is 0 Å². The third kappa shape index (κ3) is 5.75. The van der Waals surface area contributed by atoms with E-state index in [2.05, 4.69) is 9.97 Å². The number of rotatable bonds is 9. The Morgan fingerprint density at radius 3 is 2.61 bits per heavy atom. The lowest BCUT2D eigenvalue weighted by Crippen LogP contribution is -2.21. The van der Waals surface area contributed by atoms with Crippen LogP contribution in [-0.2, 0) is 10.2 Å². The SMILES string of the molecule is C/C=C\C(C)(C/C=C/c1ccc(C(=O)O)cc1)c1cc2[nH]c(OC3=CC(C(=O)O)C(C)C=C3)nc2cc1F. The molecule has 0 fully saturated rings. The zero-order chi connectivity index (χ0) is 27.4. The number of nitrogens with zero attached hydrogens (tertiary/aromatic N) is 1. The number of aliphatic carboxylic acids is 1. The molecule has 3 unspecified atom stereocenters. The van der Waals surface area contributed by atoms with Gasteiger partial charge in [0.05, 0.1) is 22.5 Å². The van der Waals surface area contributed by atoms with Crippen molar-refractivity contribution in [3.63, 3.8) is 0 Å². The maximum atomic E-state index is 15.4. The van der Waals surface area contributed by atoms with E-state index in [0.29, 0.717) is 28.8 Å². The Labute approximate surface area is 219 Å². The fraction of sp³-hybridized carbons (Fsp3) is 0.233. The molecular formula is C30H29FN2O5. The molecule has 3 N–H and O–H groups in total. The van der Waals surface area contributed by atoms with Crippen molar-refractivity contribution in [3.8, 4) is 6.01 Å². The van der Waals surface area contributed by atoms with Gasteiger partial charge >= 0.3 is 11.9 Å². The number of halogens is 1. The van der Waals surface area contributed by atoms with Gasteiger partial charge < -0.3 is 19.9 Å². The number of carboxylic acids is 2. The Morgan fingerprint density at radius 2 is 1.95 bits per heavy atom. The molecular weight excluding hydrogens is 487 g/mol. The molecule has 0 saturated carbocycles. The standard InChI is InChI=1S/C30H29FN2O5/c1-4-13-30(3,14-5-6-19-8-10-20(11-9-19)27(34)35)23-16-25-26(17-24(23)31)33-29(32-25)38-21-12-7-18(2)22(15-21)28(36)37/h4-13,15-18,22H,14H2,1-3H3,(H,32,33)(H,34,35)(H,36,37)/b6-5+,13-4-. The molecule has 3 aromatic rings. The van der Waals surface area contributed by atoms with Crippen LogP contribution in [0.1, 0.15) is 48.7 Å². The zero-order valence-electron chi connectivity index (χ0n) is 21.3. The molecule has 2 aromatic carbocycles. The Hall–Kier alpha value is -4.46. The number of carbonyl (C=O) groups is 2. The van der Waals surface area contributed by atoms with Gasteiger partial charge in [0.1, 0.15) is 11.6 Å². The Balaban J connectivity index is 1.58. The molecule has 0 spiro atoms. The second-order valence-electron chi connectivity index (χ2n) is 9.60. The van der Waals surface area contributed by atoms with Crippen LogP contribution in [0.15, 0.2) is 78.6 Å². The first kappa shape index (κ1) is 26.6. The van der Waals surface area contributed by atoms with Gasteiger partial charge in [-0.3, -0.25) is 4.79 Å². The molecule has 0 radical (unpaired) electrons. The molecule has 7 nitrogen and oxygen atoms in total. The van der Waals surface area contributed by atoms with Crippen molar-refractivity contribution in [2.45, 2.75) is 32.6 Å². The van der Waals surface area contributed by atoms with E-state index in [0.717, 1.165) is 5.56 Å². The fourth-order valence-electron chi connectivity index (χ4n) is 4.53. The van der Waals surface area contributed by atoms with Crippen LogP contribution >= 0.6 is 0 Å². The Morgan fingerprint density at radius 1 is 1.21 bits per heavy atom. The average Bonchev–Trinajstić information content (AvgIpc) is 3.26.